The third-order valence-corrected chi connectivity index (χ3v) is 8.62. The molecule has 0 amide bonds. The topological polar surface area (TPSA) is 142 Å². The van der Waals surface area contributed by atoms with E-state index in [-0.39, 0.29) is 45.9 Å². The molecule has 3 N–H and O–H groups in total. The summed E-state index contributed by atoms with van der Waals surface area (Å²) in [6.07, 6.45) is 5.96. The second-order valence-corrected chi connectivity index (χ2v) is 11.4. The number of aromatic nitrogens is 4. The van der Waals surface area contributed by atoms with Gasteiger partial charge in [-0.2, -0.15) is 4.98 Å². The Kier molecular flexibility index (Phi) is 8.13. The van der Waals surface area contributed by atoms with E-state index in [1.54, 1.807) is 24.3 Å². The SMILES string of the molecule is N=C/N=C\NCCn1c(C2CC23CCN(c2nc(OCc4ccc(Cl)cc4F)ncc2F)CC3)nc2ccc(C(=O)O)cc21. The van der Waals surface area contributed by atoms with Crippen molar-refractivity contribution in [3.63, 3.8) is 0 Å². The second kappa shape index (κ2) is 12.2. The number of carboxylic acid groups (broad SMARTS) is 1. The van der Waals surface area contributed by atoms with Crippen LogP contribution in [0.25, 0.3) is 11.0 Å². The van der Waals surface area contributed by atoms with Gasteiger partial charge in [-0.05, 0) is 55.0 Å². The Morgan fingerprint density at radius 2 is 2.02 bits per heavy atom. The molecular formula is C30H29ClF2N8O3. The summed E-state index contributed by atoms with van der Waals surface area (Å²) in [6.45, 7) is 2.06. The second-order valence-electron chi connectivity index (χ2n) is 10.9. The maximum atomic E-state index is 14.9. The number of anilines is 1. The third-order valence-electron chi connectivity index (χ3n) is 8.38. The number of aliphatic imine (C=N–C) groups is 1. The molecular weight excluding hydrogens is 594 g/mol. The molecule has 0 bridgehead atoms. The predicted octanol–water partition coefficient (Wildman–Crippen LogP) is 5.03. The summed E-state index contributed by atoms with van der Waals surface area (Å²) in [4.78, 5) is 30.4. The van der Waals surface area contributed by atoms with Gasteiger partial charge in [0.25, 0.3) is 0 Å². The quantitative estimate of drug-likeness (QED) is 0.120. The average molecular weight is 623 g/mol. The molecule has 2 aromatic heterocycles. The zero-order valence-electron chi connectivity index (χ0n) is 23.5. The Hall–Kier alpha value is -4.65. The lowest BCUT2D eigenvalue weighted by Crippen LogP contribution is -2.36. The van der Waals surface area contributed by atoms with Crippen LogP contribution in [0.1, 0.15) is 46.9 Å². The fourth-order valence-electron chi connectivity index (χ4n) is 5.95. The molecule has 228 valence electrons. The number of piperidine rings is 1. The number of nitrogens with zero attached hydrogens (tertiary/aromatic N) is 6. The van der Waals surface area contributed by atoms with Gasteiger partial charge in [0.05, 0.1) is 29.1 Å². The number of rotatable bonds is 11. The molecule has 3 heterocycles. The Morgan fingerprint density at radius 1 is 1.20 bits per heavy atom. The summed E-state index contributed by atoms with van der Waals surface area (Å²) in [5.74, 6) is -0.860. The van der Waals surface area contributed by atoms with Gasteiger partial charge in [-0.25, -0.2) is 28.5 Å². The molecule has 1 aliphatic heterocycles. The van der Waals surface area contributed by atoms with E-state index >= 15 is 0 Å². The predicted molar refractivity (Wildman–Crippen MR) is 161 cm³/mol. The van der Waals surface area contributed by atoms with Crippen molar-refractivity contribution in [1.29, 1.82) is 5.41 Å². The van der Waals surface area contributed by atoms with Gasteiger partial charge in [-0.1, -0.05) is 17.7 Å². The first-order chi connectivity index (χ1) is 21.3. The van der Waals surface area contributed by atoms with Crippen molar-refractivity contribution in [2.75, 3.05) is 24.5 Å². The molecule has 1 saturated carbocycles. The number of aromatic carboxylic acids is 1. The van der Waals surface area contributed by atoms with Gasteiger partial charge in [-0.15, -0.1) is 0 Å². The van der Waals surface area contributed by atoms with Crippen molar-refractivity contribution in [1.82, 2.24) is 24.8 Å². The van der Waals surface area contributed by atoms with Crippen molar-refractivity contribution >= 4 is 47.1 Å². The molecule has 1 unspecified atom stereocenters. The summed E-state index contributed by atoms with van der Waals surface area (Å²) in [5, 5.41) is 19.9. The smallest absolute Gasteiger partial charge is 0.335 e. The van der Waals surface area contributed by atoms with Crippen molar-refractivity contribution in [2.24, 2.45) is 10.4 Å². The number of hydrogen-bond donors (Lipinski definition) is 3. The third kappa shape index (κ3) is 5.91. The van der Waals surface area contributed by atoms with E-state index in [1.165, 1.54) is 18.5 Å². The fourth-order valence-corrected chi connectivity index (χ4v) is 6.11. The average Bonchev–Trinajstić information content (AvgIpc) is 3.58. The number of carboxylic acids is 1. The Morgan fingerprint density at radius 3 is 2.77 bits per heavy atom. The van der Waals surface area contributed by atoms with Crippen LogP contribution in [0.15, 0.2) is 47.6 Å². The lowest BCUT2D eigenvalue weighted by Gasteiger charge is -2.33. The number of hydrogen-bond acceptors (Lipinski definition) is 7. The lowest BCUT2D eigenvalue weighted by atomic mass is 9.90. The molecule has 44 heavy (non-hydrogen) atoms. The lowest BCUT2D eigenvalue weighted by molar-refractivity contribution is 0.0697. The maximum Gasteiger partial charge on any atom is 0.335 e. The molecule has 14 heteroatoms. The van der Waals surface area contributed by atoms with E-state index in [9.17, 15) is 18.7 Å². The maximum absolute atomic E-state index is 14.9. The summed E-state index contributed by atoms with van der Waals surface area (Å²) >= 11 is 5.81. The molecule has 1 saturated heterocycles. The summed E-state index contributed by atoms with van der Waals surface area (Å²) < 4.78 is 36.6. The van der Waals surface area contributed by atoms with E-state index in [4.69, 9.17) is 26.7 Å². The highest BCUT2D eigenvalue weighted by Crippen LogP contribution is 2.65. The van der Waals surface area contributed by atoms with Gasteiger partial charge in [0.2, 0.25) is 0 Å². The normalized spacial score (nSPS) is 17.3. The zero-order chi connectivity index (χ0) is 30.8. The first kappa shape index (κ1) is 29.4. The van der Waals surface area contributed by atoms with E-state index < -0.39 is 17.6 Å². The van der Waals surface area contributed by atoms with Crippen LogP contribution < -0.4 is 15.0 Å². The van der Waals surface area contributed by atoms with Gasteiger partial charge in [-0.3, -0.25) is 5.41 Å². The van der Waals surface area contributed by atoms with Crippen LogP contribution in [0.4, 0.5) is 14.6 Å². The number of benzene rings is 2. The molecule has 4 aromatic rings. The van der Waals surface area contributed by atoms with Crippen LogP contribution in [-0.4, -0.2) is 62.9 Å². The van der Waals surface area contributed by atoms with Crippen LogP contribution in [-0.2, 0) is 13.2 Å². The van der Waals surface area contributed by atoms with Gasteiger partial charge in [0.1, 0.15) is 24.6 Å². The van der Waals surface area contributed by atoms with Crippen LogP contribution >= 0.6 is 11.6 Å². The minimum Gasteiger partial charge on any atom is -0.478 e. The number of nitrogens with one attached hydrogen (secondary N) is 2. The summed E-state index contributed by atoms with van der Waals surface area (Å²) in [6, 6.07) is 9.16. The highest BCUT2D eigenvalue weighted by molar-refractivity contribution is 6.30. The zero-order valence-corrected chi connectivity index (χ0v) is 24.3. The highest BCUT2D eigenvalue weighted by atomic mass is 35.5. The van der Waals surface area contributed by atoms with Crippen molar-refractivity contribution in [3.05, 3.63) is 76.2 Å². The molecule has 6 rings (SSSR count). The molecule has 0 radical (unpaired) electrons. The Labute approximate surface area is 256 Å². The number of imidazole rings is 1. The van der Waals surface area contributed by atoms with Crippen molar-refractivity contribution in [3.8, 4) is 6.01 Å². The minimum absolute atomic E-state index is 0.00470. The molecule has 2 aliphatic rings. The molecule has 2 aromatic carbocycles. The molecule has 1 aliphatic carbocycles. The minimum atomic E-state index is -1.00. The summed E-state index contributed by atoms with van der Waals surface area (Å²) in [7, 11) is 0. The Bertz CT molecular complexity index is 1760. The first-order valence-electron chi connectivity index (χ1n) is 14.1. The fraction of sp³-hybridized carbons (Fsp3) is 0.333. The van der Waals surface area contributed by atoms with Crippen molar-refractivity contribution < 1.29 is 23.4 Å². The first-order valence-corrected chi connectivity index (χ1v) is 14.5. The number of fused-ring (bicyclic) bond motifs is 1. The molecule has 1 atom stereocenters. The van der Waals surface area contributed by atoms with E-state index in [1.807, 2.05) is 4.90 Å². The van der Waals surface area contributed by atoms with Crippen LogP contribution in [0.2, 0.25) is 5.02 Å². The van der Waals surface area contributed by atoms with Gasteiger partial charge < -0.3 is 24.6 Å². The van der Waals surface area contributed by atoms with E-state index in [2.05, 4.69) is 24.8 Å². The van der Waals surface area contributed by atoms with Crippen LogP contribution in [0.3, 0.4) is 0 Å². The molecule has 1 spiro atoms. The number of carbonyl (C=O) groups is 1. The van der Waals surface area contributed by atoms with Crippen LogP contribution in [0.5, 0.6) is 6.01 Å². The largest absolute Gasteiger partial charge is 0.478 e. The Balaban J connectivity index is 1.16. The number of ether oxygens (including phenoxy) is 1. The standard InChI is InChI=1S/C30H29ClF2N8O3/c31-20-3-1-19(22(32)12-20)15-44-29-37-14-23(33)27(39-29)40-8-5-30(6-9-40)13-21(30)26-38-24-4-2-18(28(42)43)11-25(24)41(26)10-7-35-17-36-16-34/h1-4,11-12,14,16-17,21H,5-10,13,15H2,(H,42,43)(H2,34,35,36). The van der Waals surface area contributed by atoms with Gasteiger partial charge in [0, 0.05) is 42.7 Å². The van der Waals surface area contributed by atoms with Crippen molar-refractivity contribution in [2.45, 2.75) is 38.3 Å². The van der Waals surface area contributed by atoms with Crippen LogP contribution in [0, 0.1) is 22.5 Å². The van der Waals surface area contributed by atoms with E-state index in [0.717, 1.165) is 48.7 Å². The monoisotopic (exact) mass is 622 g/mol. The molecule has 11 nitrogen and oxygen atoms in total. The highest BCUT2D eigenvalue weighted by Gasteiger charge is 2.57. The molecule has 2 fully saturated rings. The van der Waals surface area contributed by atoms with Gasteiger partial charge in [0.15, 0.2) is 11.6 Å². The number of halogens is 3. The van der Waals surface area contributed by atoms with E-state index in [0.29, 0.717) is 26.2 Å². The van der Waals surface area contributed by atoms with Gasteiger partial charge >= 0.3 is 12.0 Å². The summed E-state index contributed by atoms with van der Waals surface area (Å²) in [5.41, 5.74) is 1.95.